The van der Waals surface area contributed by atoms with E-state index in [0.717, 1.165) is 4.90 Å². The number of hydrogen-bond donors (Lipinski definition) is 0. The lowest BCUT2D eigenvalue weighted by atomic mass is 10.1. The number of likely N-dealkylation sites (tertiary alicyclic amines) is 1. The molecular formula is C17H19FN2O5S. The van der Waals surface area contributed by atoms with Crippen LogP contribution >= 0.6 is 0 Å². The molecule has 3 rings (SSSR count). The minimum atomic E-state index is -3.63. The zero-order chi connectivity index (χ0) is 18.9. The van der Waals surface area contributed by atoms with Gasteiger partial charge in [0.25, 0.3) is 0 Å². The molecule has 2 saturated heterocycles. The predicted octanol–water partition coefficient (Wildman–Crippen LogP) is 0.663. The van der Waals surface area contributed by atoms with Crippen LogP contribution in [0.3, 0.4) is 0 Å². The van der Waals surface area contributed by atoms with Gasteiger partial charge in [-0.15, -0.1) is 0 Å². The van der Waals surface area contributed by atoms with Crippen LogP contribution in [-0.4, -0.2) is 61.3 Å². The number of rotatable bonds is 3. The van der Waals surface area contributed by atoms with Gasteiger partial charge in [0.15, 0.2) is 9.84 Å². The molecule has 2 heterocycles. The molecule has 1 unspecified atom stereocenters. The second kappa shape index (κ2) is 7.14. The summed E-state index contributed by atoms with van der Waals surface area (Å²) in [4.78, 5) is 38.0. The molecule has 2 fully saturated rings. The van der Waals surface area contributed by atoms with E-state index in [4.69, 9.17) is 0 Å². The van der Waals surface area contributed by atoms with Crippen molar-refractivity contribution in [2.75, 3.05) is 25.4 Å². The summed E-state index contributed by atoms with van der Waals surface area (Å²) in [7, 11) is -3.63. The molecule has 2 aliphatic rings. The van der Waals surface area contributed by atoms with Crippen molar-refractivity contribution in [1.29, 1.82) is 0 Å². The van der Waals surface area contributed by atoms with Crippen molar-refractivity contribution in [3.05, 3.63) is 35.6 Å². The maximum Gasteiger partial charge on any atom is 0.242 e. The first-order valence-electron chi connectivity index (χ1n) is 8.36. The van der Waals surface area contributed by atoms with Gasteiger partial charge in [-0.1, -0.05) is 18.2 Å². The molecule has 140 valence electrons. The fourth-order valence-corrected chi connectivity index (χ4v) is 5.12. The van der Waals surface area contributed by atoms with Crippen molar-refractivity contribution < 1.29 is 27.2 Å². The summed E-state index contributed by atoms with van der Waals surface area (Å²) in [5.74, 6) is -2.14. The molecule has 0 N–H and O–H groups in total. The van der Waals surface area contributed by atoms with Crippen molar-refractivity contribution >= 4 is 27.6 Å². The van der Waals surface area contributed by atoms with Crippen LogP contribution in [0, 0.1) is 5.82 Å². The monoisotopic (exact) mass is 382 g/mol. The topological polar surface area (TPSA) is 91.8 Å². The summed E-state index contributed by atoms with van der Waals surface area (Å²) in [6.07, 6.45) is 0.253. The maximum atomic E-state index is 14.0. The summed E-state index contributed by atoms with van der Waals surface area (Å²) in [6.45, 7) is -0.294. The molecule has 2 aliphatic heterocycles. The van der Waals surface area contributed by atoms with Gasteiger partial charge in [-0.2, -0.15) is 0 Å². The van der Waals surface area contributed by atoms with Gasteiger partial charge in [-0.25, -0.2) is 12.8 Å². The third-order valence-electron chi connectivity index (χ3n) is 4.79. The van der Waals surface area contributed by atoms with Crippen LogP contribution in [0.4, 0.5) is 4.39 Å². The van der Waals surface area contributed by atoms with Crippen LogP contribution in [0.2, 0.25) is 0 Å². The zero-order valence-electron chi connectivity index (χ0n) is 14.1. The van der Waals surface area contributed by atoms with Gasteiger partial charge in [-0.05, 0) is 12.5 Å². The molecule has 1 aromatic rings. The highest BCUT2D eigenvalue weighted by Gasteiger charge is 2.36. The molecule has 0 bridgehead atoms. The molecule has 0 aliphatic carbocycles. The molecule has 0 saturated carbocycles. The van der Waals surface area contributed by atoms with Gasteiger partial charge >= 0.3 is 0 Å². The summed E-state index contributed by atoms with van der Waals surface area (Å²) in [5.41, 5.74) is 0.103. The minimum absolute atomic E-state index is 0.0393. The second-order valence-electron chi connectivity index (χ2n) is 6.42. The highest BCUT2D eigenvalue weighted by atomic mass is 32.2. The Bertz CT molecular complexity index is 838. The van der Waals surface area contributed by atoms with Crippen LogP contribution in [0.5, 0.6) is 0 Å². The highest BCUT2D eigenvalue weighted by molar-refractivity contribution is 7.91. The quantitative estimate of drug-likeness (QED) is 0.717. The molecule has 9 heteroatoms. The van der Waals surface area contributed by atoms with Gasteiger partial charge in [0, 0.05) is 31.5 Å². The van der Waals surface area contributed by atoms with Crippen LogP contribution < -0.4 is 0 Å². The lowest BCUT2D eigenvalue weighted by Gasteiger charge is -2.22. The fourth-order valence-electron chi connectivity index (χ4n) is 3.31. The lowest BCUT2D eigenvalue weighted by molar-refractivity contribution is -0.145. The van der Waals surface area contributed by atoms with Gasteiger partial charge in [0.2, 0.25) is 17.7 Å². The van der Waals surface area contributed by atoms with Crippen LogP contribution in [0.15, 0.2) is 24.3 Å². The van der Waals surface area contributed by atoms with E-state index in [1.165, 1.54) is 23.1 Å². The number of nitrogens with zero attached hydrogens (tertiary/aromatic N) is 2. The van der Waals surface area contributed by atoms with Crippen LogP contribution in [-0.2, 0) is 24.2 Å². The average Bonchev–Trinajstić information content (AvgIpc) is 2.81. The Morgan fingerprint density at radius 1 is 1.12 bits per heavy atom. The number of sulfone groups is 1. The number of amides is 3. The zero-order valence-corrected chi connectivity index (χ0v) is 14.9. The lowest BCUT2D eigenvalue weighted by Crippen LogP contribution is -2.43. The highest BCUT2D eigenvalue weighted by Crippen LogP contribution is 2.31. The molecule has 1 atom stereocenters. The molecule has 7 nitrogen and oxygen atoms in total. The number of carbonyl (C=O) groups is 3. The first kappa shape index (κ1) is 18.5. The van der Waals surface area contributed by atoms with E-state index in [-0.39, 0.29) is 50.2 Å². The van der Waals surface area contributed by atoms with Crippen molar-refractivity contribution in [2.24, 2.45) is 0 Å². The molecule has 3 amide bonds. The average molecular weight is 382 g/mol. The fraction of sp³-hybridized carbons (Fsp3) is 0.471. The Balaban J connectivity index is 1.74. The summed E-state index contributed by atoms with van der Waals surface area (Å²) in [6, 6.07) is 5.72. The summed E-state index contributed by atoms with van der Waals surface area (Å²) >= 11 is 0. The molecule has 26 heavy (non-hydrogen) atoms. The van der Waals surface area contributed by atoms with Gasteiger partial charge in [0.1, 0.15) is 12.4 Å². The SMILES string of the molecule is O=C(CN1C(=O)CCC1=O)N1CCC(c2ccccc2F)S(=O)(=O)CC1. The first-order chi connectivity index (χ1) is 12.3. The van der Waals surface area contributed by atoms with Crippen molar-refractivity contribution in [3.8, 4) is 0 Å². The van der Waals surface area contributed by atoms with E-state index < -0.39 is 38.6 Å². The van der Waals surface area contributed by atoms with Crippen LogP contribution in [0.25, 0.3) is 0 Å². The third-order valence-corrected chi connectivity index (χ3v) is 6.90. The standard InChI is InChI=1S/C17H19FN2O5S/c18-13-4-2-1-3-12(13)14-7-8-19(9-10-26(14,24)25)17(23)11-20-15(21)5-6-16(20)22/h1-4,14H,5-11H2. The predicted molar refractivity (Wildman–Crippen MR) is 90.1 cm³/mol. The van der Waals surface area contributed by atoms with E-state index >= 15 is 0 Å². The van der Waals surface area contributed by atoms with Crippen molar-refractivity contribution in [3.63, 3.8) is 0 Å². The number of imide groups is 1. The van der Waals surface area contributed by atoms with Gasteiger partial charge in [-0.3, -0.25) is 19.3 Å². The number of halogens is 1. The molecule has 0 aromatic heterocycles. The Morgan fingerprint density at radius 2 is 1.77 bits per heavy atom. The normalized spacial score (nSPS) is 23.2. The summed E-state index contributed by atoms with van der Waals surface area (Å²) in [5, 5.41) is -1.02. The van der Waals surface area contributed by atoms with E-state index in [2.05, 4.69) is 0 Å². The van der Waals surface area contributed by atoms with Gasteiger partial charge in [0.05, 0.1) is 11.0 Å². The first-order valence-corrected chi connectivity index (χ1v) is 10.1. The van der Waals surface area contributed by atoms with E-state index in [1.807, 2.05) is 0 Å². The number of carbonyl (C=O) groups excluding carboxylic acids is 3. The van der Waals surface area contributed by atoms with Crippen molar-refractivity contribution in [2.45, 2.75) is 24.5 Å². The Kier molecular flexibility index (Phi) is 5.08. The van der Waals surface area contributed by atoms with E-state index in [9.17, 15) is 27.2 Å². The molecule has 0 radical (unpaired) electrons. The number of hydrogen-bond acceptors (Lipinski definition) is 5. The van der Waals surface area contributed by atoms with E-state index in [0.29, 0.717) is 0 Å². The van der Waals surface area contributed by atoms with Gasteiger partial charge < -0.3 is 4.90 Å². The van der Waals surface area contributed by atoms with E-state index in [1.54, 1.807) is 6.07 Å². The molecule has 0 spiro atoms. The largest absolute Gasteiger partial charge is 0.340 e. The Morgan fingerprint density at radius 3 is 2.42 bits per heavy atom. The molecule has 1 aromatic carbocycles. The Hall–Kier alpha value is -2.29. The Labute approximate surface area is 150 Å². The molecular weight excluding hydrogens is 363 g/mol. The second-order valence-corrected chi connectivity index (χ2v) is 8.72. The maximum absolute atomic E-state index is 14.0. The summed E-state index contributed by atoms with van der Waals surface area (Å²) < 4.78 is 39.1. The smallest absolute Gasteiger partial charge is 0.242 e. The number of benzene rings is 1. The van der Waals surface area contributed by atoms with Crippen molar-refractivity contribution in [1.82, 2.24) is 9.80 Å². The third kappa shape index (κ3) is 3.62. The van der Waals surface area contributed by atoms with Crippen LogP contribution in [0.1, 0.15) is 30.1 Å². The minimum Gasteiger partial charge on any atom is -0.340 e.